The third kappa shape index (κ3) is 4.78. The van der Waals surface area contributed by atoms with Gasteiger partial charge in [-0.15, -0.1) is 0 Å². The molecule has 1 saturated carbocycles. The molecule has 1 aliphatic rings. The molecule has 4 nitrogen and oxygen atoms in total. The van der Waals surface area contributed by atoms with Crippen LogP contribution < -0.4 is 10.6 Å². The molecule has 3 aromatic rings. The fourth-order valence-corrected chi connectivity index (χ4v) is 5.45. The zero-order valence-corrected chi connectivity index (χ0v) is 21.1. The van der Waals surface area contributed by atoms with Gasteiger partial charge in [-0.3, -0.25) is 4.79 Å². The molecule has 1 fully saturated rings. The minimum Gasteiger partial charge on any atom is -0.384 e. The highest BCUT2D eigenvalue weighted by molar-refractivity contribution is 6.54. The van der Waals surface area contributed by atoms with Crippen LogP contribution in [-0.2, 0) is 4.79 Å². The molecule has 1 amide bonds. The van der Waals surface area contributed by atoms with E-state index in [1.807, 2.05) is 6.07 Å². The number of amides is 1. The van der Waals surface area contributed by atoms with Crippen molar-refractivity contribution < 1.29 is 14.0 Å². The van der Waals surface area contributed by atoms with Gasteiger partial charge in [0.1, 0.15) is 16.4 Å². The summed E-state index contributed by atoms with van der Waals surface area (Å²) in [6.07, 6.45) is 2.37. The molecule has 4 rings (SSSR count). The Morgan fingerprint density at radius 3 is 2.31 bits per heavy atom. The molecular formula is C26H19Cl4FN2O2. The van der Waals surface area contributed by atoms with Crippen LogP contribution >= 0.6 is 46.4 Å². The van der Waals surface area contributed by atoms with Crippen LogP contribution in [0.2, 0.25) is 10.0 Å². The third-order valence-corrected chi connectivity index (χ3v) is 7.91. The van der Waals surface area contributed by atoms with Gasteiger partial charge in [0.2, 0.25) is 0 Å². The maximum Gasteiger partial charge on any atom is 0.257 e. The van der Waals surface area contributed by atoms with Gasteiger partial charge in [0, 0.05) is 28.9 Å². The van der Waals surface area contributed by atoms with Crippen LogP contribution in [0.1, 0.15) is 27.4 Å². The summed E-state index contributed by atoms with van der Waals surface area (Å²) in [6.45, 7) is 3.86. The highest BCUT2D eigenvalue weighted by Crippen LogP contribution is 2.73. The van der Waals surface area contributed by atoms with Gasteiger partial charge >= 0.3 is 0 Å². The summed E-state index contributed by atoms with van der Waals surface area (Å²) in [6, 6.07) is 15.5. The standard InChI is InChI=1S/C26H19Cl4FN2O2/c1-2-15-11-16(3-9-21(15)27)23-25(14-34,26(23,29)30)13-32-19-8-10-22(28)20(12-19)24(35)33-18-6-4-17(31)5-7-18/h2-12,14,23,32H,1,13H2,(H,33,35). The number of aldehydes is 1. The number of halogens is 5. The van der Waals surface area contributed by atoms with Crippen molar-refractivity contribution in [3.8, 4) is 0 Å². The maximum atomic E-state index is 13.1. The summed E-state index contributed by atoms with van der Waals surface area (Å²) in [4.78, 5) is 25.0. The second kappa shape index (κ2) is 9.82. The number of benzene rings is 3. The number of hydrogen-bond acceptors (Lipinski definition) is 3. The van der Waals surface area contributed by atoms with E-state index in [9.17, 15) is 14.0 Å². The van der Waals surface area contributed by atoms with Gasteiger partial charge in [-0.2, -0.15) is 0 Å². The van der Waals surface area contributed by atoms with Crippen LogP contribution in [0.25, 0.3) is 6.08 Å². The average molecular weight is 552 g/mol. The predicted octanol–water partition coefficient (Wildman–Crippen LogP) is 7.60. The van der Waals surface area contributed by atoms with Crippen molar-refractivity contribution in [3.63, 3.8) is 0 Å². The van der Waals surface area contributed by atoms with Gasteiger partial charge in [0.05, 0.1) is 16.0 Å². The minimum atomic E-state index is -1.34. The predicted molar refractivity (Wildman–Crippen MR) is 142 cm³/mol. The molecule has 0 saturated heterocycles. The summed E-state index contributed by atoms with van der Waals surface area (Å²) in [5.41, 5.74) is 1.52. The lowest BCUT2D eigenvalue weighted by atomic mass is 9.98. The van der Waals surface area contributed by atoms with Crippen molar-refractivity contribution in [1.29, 1.82) is 0 Å². The molecular weight excluding hydrogens is 533 g/mol. The first-order valence-electron chi connectivity index (χ1n) is 10.5. The fraction of sp³-hybridized carbons (Fsp3) is 0.154. The largest absolute Gasteiger partial charge is 0.384 e. The second-order valence-electron chi connectivity index (χ2n) is 8.21. The molecule has 0 radical (unpaired) electrons. The van der Waals surface area contributed by atoms with E-state index in [2.05, 4.69) is 17.2 Å². The lowest BCUT2D eigenvalue weighted by molar-refractivity contribution is -0.112. The molecule has 3 aromatic carbocycles. The van der Waals surface area contributed by atoms with E-state index in [-0.39, 0.29) is 17.1 Å². The number of carbonyl (C=O) groups is 2. The first-order valence-corrected chi connectivity index (χ1v) is 12.0. The van der Waals surface area contributed by atoms with Crippen LogP contribution in [0.5, 0.6) is 0 Å². The Balaban J connectivity index is 1.53. The van der Waals surface area contributed by atoms with Crippen LogP contribution in [-0.4, -0.2) is 23.1 Å². The Kier molecular flexibility index (Phi) is 7.16. The van der Waals surface area contributed by atoms with E-state index in [0.29, 0.717) is 22.0 Å². The molecule has 2 unspecified atom stereocenters. The quantitative estimate of drug-likeness (QED) is 0.224. The van der Waals surface area contributed by atoms with Crippen LogP contribution in [0.3, 0.4) is 0 Å². The van der Waals surface area contributed by atoms with E-state index in [0.717, 1.165) is 11.8 Å². The zero-order valence-electron chi connectivity index (χ0n) is 18.1. The first kappa shape index (κ1) is 25.5. The second-order valence-corrected chi connectivity index (χ2v) is 10.4. The Morgan fingerprint density at radius 1 is 1.00 bits per heavy atom. The number of rotatable bonds is 8. The number of alkyl halides is 2. The lowest BCUT2D eigenvalue weighted by Gasteiger charge is -2.15. The fourth-order valence-electron chi connectivity index (χ4n) is 4.08. The molecule has 2 atom stereocenters. The van der Waals surface area contributed by atoms with Crippen molar-refractivity contribution in [1.82, 2.24) is 0 Å². The smallest absolute Gasteiger partial charge is 0.257 e. The monoisotopic (exact) mass is 550 g/mol. The van der Waals surface area contributed by atoms with Gasteiger partial charge in [0.25, 0.3) is 5.91 Å². The Morgan fingerprint density at radius 2 is 1.66 bits per heavy atom. The zero-order chi connectivity index (χ0) is 25.4. The molecule has 0 aromatic heterocycles. The van der Waals surface area contributed by atoms with E-state index in [4.69, 9.17) is 46.4 Å². The summed E-state index contributed by atoms with van der Waals surface area (Å²) in [5.74, 6) is -1.36. The van der Waals surface area contributed by atoms with Gasteiger partial charge in [0.15, 0.2) is 0 Å². The summed E-state index contributed by atoms with van der Waals surface area (Å²) in [7, 11) is 0. The van der Waals surface area contributed by atoms with Crippen molar-refractivity contribution in [2.75, 3.05) is 17.2 Å². The molecule has 35 heavy (non-hydrogen) atoms. The third-order valence-electron chi connectivity index (χ3n) is 6.10. The van der Waals surface area contributed by atoms with E-state index in [1.165, 1.54) is 24.3 Å². The average Bonchev–Trinajstić information content (AvgIpc) is 3.34. The van der Waals surface area contributed by atoms with Crippen molar-refractivity contribution in [2.45, 2.75) is 10.3 Å². The molecule has 0 heterocycles. The number of anilines is 2. The molecule has 180 valence electrons. The normalized spacial score (nSPS) is 20.1. The molecule has 9 heteroatoms. The first-order chi connectivity index (χ1) is 16.6. The molecule has 1 aliphatic carbocycles. The van der Waals surface area contributed by atoms with Gasteiger partial charge < -0.3 is 15.4 Å². The number of hydrogen-bond donors (Lipinski definition) is 2. The minimum absolute atomic E-state index is 0.112. The lowest BCUT2D eigenvalue weighted by Crippen LogP contribution is -2.23. The van der Waals surface area contributed by atoms with Crippen molar-refractivity contribution in [3.05, 3.63) is 99.8 Å². The Labute approximate surface area is 222 Å². The Bertz CT molecular complexity index is 1310. The van der Waals surface area contributed by atoms with Gasteiger partial charge in [-0.1, -0.05) is 65.1 Å². The summed E-state index contributed by atoms with van der Waals surface area (Å²) < 4.78 is 11.8. The van der Waals surface area contributed by atoms with Crippen LogP contribution in [0.15, 0.2) is 67.2 Å². The molecule has 0 aliphatic heterocycles. The molecule has 2 N–H and O–H groups in total. The Hall–Kier alpha value is -2.57. The van der Waals surface area contributed by atoms with E-state index in [1.54, 1.807) is 36.4 Å². The summed E-state index contributed by atoms with van der Waals surface area (Å²) in [5, 5.41) is 6.58. The van der Waals surface area contributed by atoms with Crippen molar-refractivity contribution >= 4 is 76.0 Å². The van der Waals surface area contributed by atoms with Crippen molar-refractivity contribution in [2.24, 2.45) is 5.41 Å². The topological polar surface area (TPSA) is 58.2 Å². The highest BCUT2D eigenvalue weighted by Gasteiger charge is 2.76. The number of carbonyl (C=O) groups excluding carboxylic acids is 2. The molecule has 0 bridgehead atoms. The van der Waals surface area contributed by atoms with Crippen LogP contribution in [0.4, 0.5) is 15.8 Å². The SMILES string of the molecule is C=Cc1cc(C2C(Cl)(Cl)C2(C=O)CNc2ccc(Cl)c(C(=O)Nc3ccc(F)cc3)c2)ccc1Cl. The molecule has 0 spiro atoms. The maximum absolute atomic E-state index is 13.1. The van der Waals surface area contributed by atoms with Crippen LogP contribution in [0, 0.1) is 11.2 Å². The van der Waals surface area contributed by atoms with E-state index < -0.39 is 27.4 Å². The highest BCUT2D eigenvalue weighted by atomic mass is 35.5. The number of nitrogens with one attached hydrogen (secondary N) is 2. The van der Waals surface area contributed by atoms with E-state index >= 15 is 0 Å². The van der Waals surface area contributed by atoms with Gasteiger partial charge in [-0.25, -0.2) is 4.39 Å². The van der Waals surface area contributed by atoms with Gasteiger partial charge in [-0.05, 0) is 65.7 Å². The summed E-state index contributed by atoms with van der Waals surface area (Å²) >= 11 is 25.6.